The average molecular weight is 296 g/mol. The minimum atomic E-state index is -0.832. The van der Waals surface area contributed by atoms with E-state index in [2.05, 4.69) is 18.3 Å². The van der Waals surface area contributed by atoms with Gasteiger partial charge in [0.2, 0.25) is 5.91 Å². The van der Waals surface area contributed by atoms with E-state index in [9.17, 15) is 9.59 Å². The van der Waals surface area contributed by atoms with Crippen LogP contribution in [0.4, 0.5) is 0 Å². The fourth-order valence-electron chi connectivity index (χ4n) is 2.43. The molecule has 1 unspecified atom stereocenters. The van der Waals surface area contributed by atoms with Crippen LogP contribution in [0.3, 0.4) is 0 Å². The van der Waals surface area contributed by atoms with Gasteiger partial charge in [-0.05, 0) is 37.9 Å². The lowest BCUT2D eigenvalue weighted by molar-refractivity contribution is -0.142. The van der Waals surface area contributed by atoms with Crippen LogP contribution >= 0.6 is 11.3 Å². The van der Waals surface area contributed by atoms with Gasteiger partial charge in [0.25, 0.3) is 0 Å². The number of aliphatic carboxylic acids is 1. The highest BCUT2D eigenvalue weighted by molar-refractivity contribution is 7.11. The molecular formula is C14H20N2O3S. The van der Waals surface area contributed by atoms with Crippen LogP contribution in [0.5, 0.6) is 0 Å². The normalized spacial score (nSPS) is 19.1. The van der Waals surface area contributed by atoms with Gasteiger partial charge in [0, 0.05) is 9.75 Å². The molecule has 1 aliphatic heterocycles. The summed E-state index contributed by atoms with van der Waals surface area (Å²) in [5, 5.41) is 11.9. The summed E-state index contributed by atoms with van der Waals surface area (Å²) < 4.78 is 0. The molecule has 2 N–H and O–H groups in total. The van der Waals surface area contributed by atoms with E-state index in [4.69, 9.17) is 5.11 Å². The van der Waals surface area contributed by atoms with E-state index >= 15 is 0 Å². The summed E-state index contributed by atoms with van der Waals surface area (Å²) in [7, 11) is 0. The maximum absolute atomic E-state index is 11.9. The van der Waals surface area contributed by atoms with Crippen LogP contribution in [0.1, 0.15) is 29.5 Å². The van der Waals surface area contributed by atoms with Gasteiger partial charge in [0.05, 0.1) is 13.1 Å². The zero-order chi connectivity index (χ0) is 14.5. The number of nitrogens with one attached hydrogen (secondary N) is 1. The van der Waals surface area contributed by atoms with Crippen molar-refractivity contribution in [1.82, 2.24) is 10.2 Å². The standard InChI is InChI=1S/C14H20N2O3S/c1-2-10-5-6-11(20-10)8-15-13(17)9-16-7-3-4-12(16)14(18)19/h5-6,12H,2-4,7-9H2,1H3,(H,15,17)(H,18,19). The molecule has 1 amide bonds. The monoisotopic (exact) mass is 296 g/mol. The van der Waals surface area contributed by atoms with Crippen molar-refractivity contribution in [3.63, 3.8) is 0 Å². The molecule has 0 aromatic carbocycles. The van der Waals surface area contributed by atoms with E-state index in [1.54, 1.807) is 16.2 Å². The maximum Gasteiger partial charge on any atom is 0.320 e. The Balaban J connectivity index is 1.79. The molecule has 1 saturated heterocycles. The number of hydrogen-bond acceptors (Lipinski definition) is 4. The number of amides is 1. The number of carbonyl (C=O) groups excluding carboxylic acids is 1. The molecule has 0 radical (unpaired) electrons. The highest BCUT2D eigenvalue weighted by Gasteiger charge is 2.31. The van der Waals surface area contributed by atoms with Crippen molar-refractivity contribution >= 4 is 23.2 Å². The number of rotatable bonds is 6. The molecule has 2 heterocycles. The van der Waals surface area contributed by atoms with Gasteiger partial charge in [-0.1, -0.05) is 6.92 Å². The smallest absolute Gasteiger partial charge is 0.320 e. The number of carboxylic acids is 1. The fourth-order valence-corrected chi connectivity index (χ4v) is 3.33. The largest absolute Gasteiger partial charge is 0.480 e. The van der Waals surface area contributed by atoms with E-state index in [0.717, 1.165) is 17.7 Å². The Morgan fingerprint density at radius 2 is 2.20 bits per heavy atom. The Labute approximate surface area is 122 Å². The molecule has 0 saturated carbocycles. The first-order valence-corrected chi connectivity index (χ1v) is 7.73. The molecule has 0 aliphatic carbocycles. The second-order valence-corrected chi connectivity index (χ2v) is 6.22. The lowest BCUT2D eigenvalue weighted by Gasteiger charge is -2.20. The van der Waals surface area contributed by atoms with Gasteiger partial charge < -0.3 is 10.4 Å². The zero-order valence-electron chi connectivity index (χ0n) is 11.6. The molecule has 1 aromatic heterocycles. The van der Waals surface area contributed by atoms with Crippen LogP contribution in [-0.4, -0.2) is 41.0 Å². The third-order valence-electron chi connectivity index (χ3n) is 3.52. The summed E-state index contributed by atoms with van der Waals surface area (Å²) in [5.74, 6) is -0.939. The number of nitrogens with zero attached hydrogens (tertiary/aromatic N) is 1. The van der Waals surface area contributed by atoms with Crippen molar-refractivity contribution < 1.29 is 14.7 Å². The molecule has 6 heteroatoms. The van der Waals surface area contributed by atoms with Gasteiger partial charge in [-0.25, -0.2) is 0 Å². The van der Waals surface area contributed by atoms with Gasteiger partial charge in [0.15, 0.2) is 0 Å². The summed E-state index contributed by atoms with van der Waals surface area (Å²) >= 11 is 1.70. The second kappa shape index (κ2) is 6.85. The van der Waals surface area contributed by atoms with Crippen molar-refractivity contribution in [3.8, 4) is 0 Å². The molecule has 20 heavy (non-hydrogen) atoms. The number of thiophene rings is 1. The average Bonchev–Trinajstić information content (AvgIpc) is 3.04. The zero-order valence-corrected chi connectivity index (χ0v) is 12.4. The number of aryl methyl sites for hydroxylation is 1. The quantitative estimate of drug-likeness (QED) is 0.834. The van der Waals surface area contributed by atoms with Crippen molar-refractivity contribution in [1.29, 1.82) is 0 Å². The number of carbonyl (C=O) groups is 2. The van der Waals surface area contributed by atoms with Crippen molar-refractivity contribution in [2.24, 2.45) is 0 Å². The summed E-state index contributed by atoms with van der Waals surface area (Å²) in [6.45, 7) is 3.48. The van der Waals surface area contributed by atoms with E-state index in [-0.39, 0.29) is 12.5 Å². The van der Waals surface area contributed by atoms with E-state index in [1.165, 1.54) is 4.88 Å². The van der Waals surface area contributed by atoms with E-state index < -0.39 is 12.0 Å². The summed E-state index contributed by atoms with van der Waals surface area (Å²) in [6.07, 6.45) is 2.48. The number of likely N-dealkylation sites (tertiary alicyclic amines) is 1. The highest BCUT2D eigenvalue weighted by Crippen LogP contribution is 2.18. The van der Waals surface area contributed by atoms with Gasteiger partial charge in [0.1, 0.15) is 6.04 Å². The highest BCUT2D eigenvalue weighted by atomic mass is 32.1. The van der Waals surface area contributed by atoms with Crippen LogP contribution in [0.2, 0.25) is 0 Å². The maximum atomic E-state index is 11.9. The molecule has 2 rings (SSSR count). The third-order valence-corrected chi connectivity index (χ3v) is 4.75. The summed E-state index contributed by atoms with van der Waals surface area (Å²) in [6, 6.07) is 3.60. The minimum absolute atomic E-state index is 0.107. The Hall–Kier alpha value is -1.40. The van der Waals surface area contributed by atoms with Crippen molar-refractivity contribution in [3.05, 3.63) is 21.9 Å². The first-order chi connectivity index (χ1) is 9.60. The predicted molar refractivity (Wildman–Crippen MR) is 77.8 cm³/mol. The molecule has 1 atom stereocenters. The Bertz CT molecular complexity index is 487. The van der Waals surface area contributed by atoms with Crippen LogP contribution in [0, 0.1) is 0 Å². The van der Waals surface area contributed by atoms with Gasteiger partial charge in [-0.3, -0.25) is 14.5 Å². The number of carboxylic acid groups (broad SMARTS) is 1. The summed E-state index contributed by atoms with van der Waals surface area (Å²) in [4.78, 5) is 27.1. The molecule has 110 valence electrons. The Morgan fingerprint density at radius 1 is 1.45 bits per heavy atom. The van der Waals surface area contributed by atoms with Crippen LogP contribution in [0.25, 0.3) is 0 Å². The Kier molecular flexibility index (Phi) is 5.14. The predicted octanol–water partition coefficient (Wildman–Crippen LogP) is 1.48. The first kappa shape index (κ1) is 15.0. The molecule has 5 nitrogen and oxygen atoms in total. The van der Waals surface area contributed by atoms with Crippen LogP contribution < -0.4 is 5.32 Å². The van der Waals surface area contributed by atoms with Gasteiger partial charge in [-0.15, -0.1) is 11.3 Å². The molecule has 0 bridgehead atoms. The lowest BCUT2D eigenvalue weighted by atomic mass is 10.2. The molecule has 1 fully saturated rings. The second-order valence-electron chi connectivity index (χ2n) is 4.97. The van der Waals surface area contributed by atoms with Crippen LogP contribution in [0.15, 0.2) is 12.1 Å². The van der Waals surface area contributed by atoms with Gasteiger partial charge in [-0.2, -0.15) is 0 Å². The third kappa shape index (κ3) is 3.80. The molecular weight excluding hydrogens is 276 g/mol. The molecule has 1 aromatic rings. The van der Waals surface area contributed by atoms with Gasteiger partial charge >= 0.3 is 5.97 Å². The van der Waals surface area contributed by atoms with E-state index in [1.807, 2.05) is 6.07 Å². The topological polar surface area (TPSA) is 69.6 Å². The van der Waals surface area contributed by atoms with Crippen molar-refractivity contribution in [2.75, 3.05) is 13.1 Å². The summed E-state index contributed by atoms with van der Waals surface area (Å²) in [5.41, 5.74) is 0. The number of hydrogen-bond donors (Lipinski definition) is 2. The molecule has 0 spiro atoms. The molecule has 1 aliphatic rings. The Morgan fingerprint density at radius 3 is 2.85 bits per heavy atom. The lowest BCUT2D eigenvalue weighted by Crippen LogP contribution is -2.42. The first-order valence-electron chi connectivity index (χ1n) is 6.91. The van der Waals surface area contributed by atoms with Crippen LogP contribution in [-0.2, 0) is 22.6 Å². The fraction of sp³-hybridized carbons (Fsp3) is 0.571. The minimum Gasteiger partial charge on any atom is -0.480 e. The SMILES string of the molecule is CCc1ccc(CNC(=O)CN2CCCC2C(=O)O)s1. The van der Waals surface area contributed by atoms with Crippen molar-refractivity contribution in [2.45, 2.75) is 38.8 Å². The van der Waals surface area contributed by atoms with E-state index in [0.29, 0.717) is 19.5 Å².